The lowest BCUT2D eigenvalue weighted by molar-refractivity contribution is 0.679. The molecule has 1 aliphatic rings. The van der Waals surface area contributed by atoms with Crippen molar-refractivity contribution in [2.45, 2.75) is 4.90 Å². The Morgan fingerprint density at radius 3 is 2.06 bits per heavy atom. The van der Waals surface area contributed by atoms with Crippen LogP contribution in [0.15, 0.2) is 42.0 Å². The van der Waals surface area contributed by atoms with Gasteiger partial charge in [-0.2, -0.15) is 4.52 Å². The number of benzene rings is 1. The third kappa shape index (κ3) is 3.59. The van der Waals surface area contributed by atoms with Gasteiger partial charge in [0.25, 0.3) is 11.8 Å². The molecule has 0 radical (unpaired) electrons. The highest BCUT2D eigenvalue weighted by atomic mass is 35.9. The molecule has 0 spiro atoms. The van der Waals surface area contributed by atoms with Crippen LogP contribution in [0.2, 0.25) is 5.02 Å². The maximum atomic E-state index is 12.6. The Balaban J connectivity index is 2.75. The van der Waals surface area contributed by atoms with Gasteiger partial charge in [0.2, 0.25) is 0 Å². The van der Waals surface area contributed by atoms with Gasteiger partial charge in [-0.3, -0.25) is 0 Å². The molecule has 0 saturated heterocycles. The Hall–Kier alpha value is 1.08. The van der Waals surface area contributed by atoms with Gasteiger partial charge in [-0.1, -0.05) is 11.6 Å². The van der Waals surface area contributed by atoms with Crippen molar-refractivity contribution in [1.29, 1.82) is 0 Å². The van der Waals surface area contributed by atoms with E-state index in [1.807, 2.05) is 0 Å². The first-order chi connectivity index (χ1) is 8.12. The molecule has 0 aliphatic carbocycles. The van der Waals surface area contributed by atoms with Crippen molar-refractivity contribution in [2.24, 2.45) is 12.8 Å². The predicted molar refractivity (Wildman–Crippen MR) is 82.4 cm³/mol. The standard InChI is InChI=1S/C6H4Cl5N3OP2S/c7-5-1-3-6(4-2-5)18(15)13-16(8,9)12-17(10,11)14-18/h1-4H. The van der Waals surface area contributed by atoms with E-state index in [0.29, 0.717) is 5.02 Å². The smallest absolute Gasteiger partial charge is 0.220 e. The fourth-order valence-corrected chi connectivity index (χ4v) is 14.7. The summed E-state index contributed by atoms with van der Waals surface area (Å²) >= 11 is 29.2. The molecule has 100 valence electrons. The number of hydrogen-bond acceptors (Lipinski definition) is 3. The highest BCUT2D eigenvalue weighted by Gasteiger charge is 2.30. The summed E-state index contributed by atoms with van der Waals surface area (Å²) in [7, 11) is -3.23. The summed E-state index contributed by atoms with van der Waals surface area (Å²) in [6.07, 6.45) is 0. The van der Waals surface area contributed by atoms with Crippen LogP contribution in [0, 0.1) is 0 Å². The van der Waals surface area contributed by atoms with E-state index in [2.05, 4.69) is 12.8 Å². The van der Waals surface area contributed by atoms with Gasteiger partial charge in [-0.25, -0.2) is 4.21 Å². The van der Waals surface area contributed by atoms with Gasteiger partial charge in [-0.05, 0) is 69.2 Å². The molecule has 1 aromatic rings. The van der Waals surface area contributed by atoms with Crippen LogP contribution in [0.4, 0.5) is 0 Å². The third-order valence-corrected chi connectivity index (χ3v) is 12.6. The van der Waals surface area contributed by atoms with E-state index in [0.717, 1.165) is 0 Å². The first-order valence-electron chi connectivity index (χ1n) is 4.22. The van der Waals surface area contributed by atoms with Crippen LogP contribution in [0.25, 0.3) is 0 Å². The Morgan fingerprint density at radius 2 is 1.56 bits per heavy atom. The van der Waals surface area contributed by atoms with E-state index in [9.17, 15) is 4.21 Å². The van der Waals surface area contributed by atoms with Crippen molar-refractivity contribution in [1.82, 2.24) is 0 Å². The van der Waals surface area contributed by atoms with E-state index in [-0.39, 0.29) is 4.90 Å². The van der Waals surface area contributed by atoms with Gasteiger partial charge >= 0.3 is 0 Å². The molecule has 1 heterocycles. The minimum atomic E-state index is -3.23. The molecule has 0 fully saturated rings. The van der Waals surface area contributed by atoms with Crippen molar-refractivity contribution in [2.75, 3.05) is 0 Å². The Labute approximate surface area is 129 Å². The topological polar surface area (TPSA) is 54.1 Å². The van der Waals surface area contributed by atoms with Crippen LogP contribution in [0.1, 0.15) is 0 Å². The van der Waals surface area contributed by atoms with E-state index in [1.165, 1.54) is 12.1 Å². The van der Waals surface area contributed by atoms with Gasteiger partial charge in [0.15, 0.2) is 9.92 Å². The highest BCUT2D eigenvalue weighted by molar-refractivity contribution is 8.23. The number of hydrogen-bond donors (Lipinski definition) is 0. The maximum Gasteiger partial charge on any atom is 0.265 e. The molecule has 2 rings (SSSR count). The van der Waals surface area contributed by atoms with Gasteiger partial charge in [0, 0.05) is 5.02 Å². The van der Waals surface area contributed by atoms with Crippen LogP contribution >= 0.6 is 68.4 Å². The van der Waals surface area contributed by atoms with Gasteiger partial charge in [0.1, 0.15) is 0 Å². The zero-order valence-corrected chi connectivity index (χ0v) is 14.6. The second kappa shape index (κ2) is 5.13. The maximum absolute atomic E-state index is 12.6. The molecule has 0 amide bonds. The molecule has 0 saturated carbocycles. The second-order valence-corrected chi connectivity index (χ2v) is 15.6. The molecule has 1 aliphatic heterocycles. The fourth-order valence-electron chi connectivity index (χ4n) is 1.15. The van der Waals surface area contributed by atoms with Gasteiger partial charge < -0.3 is 0 Å². The lowest BCUT2D eigenvalue weighted by Gasteiger charge is -2.16. The van der Waals surface area contributed by atoms with E-state index >= 15 is 0 Å². The lowest BCUT2D eigenvalue weighted by atomic mass is 10.4. The fraction of sp³-hybridized carbons (Fsp3) is 0. The minimum absolute atomic E-state index is 0.290. The lowest BCUT2D eigenvalue weighted by Crippen LogP contribution is -1.96. The molecular weight excluding hydrogens is 401 g/mol. The summed E-state index contributed by atoms with van der Waals surface area (Å²) in [6, 6.07) is 6.10. The summed E-state index contributed by atoms with van der Waals surface area (Å²) in [4.78, 5) is 0.290. The summed E-state index contributed by atoms with van der Waals surface area (Å²) in [5.74, 6) is -6.36. The normalized spacial score (nSPS) is 28.7. The molecule has 18 heavy (non-hydrogen) atoms. The van der Waals surface area contributed by atoms with Crippen molar-refractivity contribution < 1.29 is 4.21 Å². The molecule has 1 atom stereocenters. The third-order valence-electron chi connectivity index (χ3n) is 1.75. The predicted octanol–water partition coefficient (Wildman–Crippen LogP) is 6.94. The molecule has 4 nitrogen and oxygen atoms in total. The quantitative estimate of drug-likeness (QED) is 0.467. The second-order valence-electron chi connectivity index (χ2n) is 3.11. The van der Waals surface area contributed by atoms with E-state index in [4.69, 9.17) is 56.6 Å². The summed E-state index contributed by atoms with van der Waals surface area (Å²) in [5.41, 5.74) is 0. The summed E-state index contributed by atoms with van der Waals surface area (Å²) in [5, 5.41) is 0.484. The number of rotatable bonds is 1. The average Bonchev–Trinajstić information content (AvgIpc) is 2.12. The number of halogens is 5. The Morgan fingerprint density at radius 1 is 1.00 bits per heavy atom. The van der Waals surface area contributed by atoms with Crippen LogP contribution < -0.4 is 0 Å². The SMILES string of the molecule is O=S1(c2ccc(Cl)cc2)=NP(Cl)(Cl)=NP(Cl)(Cl)=N1. The number of nitrogens with zero attached hydrogens (tertiary/aromatic N) is 3. The van der Waals surface area contributed by atoms with Crippen molar-refractivity contribution in [3.05, 3.63) is 29.3 Å². The zero-order chi connectivity index (χ0) is 13.6. The summed E-state index contributed by atoms with van der Waals surface area (Å²) < 4.78 is 23.9. The highest BCUT2D eigenvalue weighted by Crippen LogP contribution is 2.78. The average molecular weight is 405 g/mol. The molecule has 1 unspecified atom stereocenters. The Kier molecular flexibility index (Phi) is 4.40. The van der Waals surface area contributed by atoms with Gasteiger partial charge in [-0.15, -0.1) is 8.28 Å². The van der Waals surface area contributed by atoms with E-state index in [1.54, 1.807) is 12.1 Å². The van der Waals surface area contributed by atoms with Crippen LogP contribution in [-0.4, -0.2) is 4.21 Å². The molecule has 0 N–H and O–H groups in total. The Bertz CT molecular complexity index is 704. The van der Waals surface area contributed by atoms with Crippen LogP contribution in [-0.2, 0) is 9.92 Å². The van der Waals surface area contributed by atoms with E-state index < -0.39 is 21.7 Å². The first kappa shape index (κ1) is 15.5. The van der Waals surface area contributed by atoms with Gasteiger partial charge in [0.05, 0.1) is 4.90 Å². The molecular formula is C6H4Cl5N3OP2S. The first-order valence-corrected chi connectivity index (χ1v) is 13.1. The summed E-state index contributed by atoms with van der Waals surface area (Å²) in [6.45, 7) is 0. The van der Waals surface area contributed by atoms with Crippen molar-refractivity contribution in [3.63, 3.8) is 0 Å². The van der Waals surface area contributed by atoms with Crippen molar-refractivity contribution >= 4 is 78.3 Å². The monoisotopic (exact) mass is 403 g/mol. The largest absolute Gasteiger partial charge is 0.265 e. The molecule has 0 bridgehead atoms. The molecule has 0 aromatic heterocycles. The molecule has 1 aromatic carbocycles. The minimum Gasteiger partial charge on any atom is -0.220 e. The zero-order valence-electron chi connectivity index (χ0n) is 8.25. The van der Waals surface area contributed by atoms with Crippen LogP contribution in [0.3, 0.4) is 0 Å². The van der Waals surface area contributed by atoms with Crippen LogP contribution in [0.5, 0.6) is 0 Å². The van der Waals surface area contributed by atoms with Crippen molar-refractivity contribution in [3.8, 4) is 0 Å². The molecule has 12 heteroatoms.